The van der Waals surface area contributed by atoms with Crippen LogP contribution in [0.15, 0.2) is 83.8 Å². The maximum Gasteiger partial charge on any atom is 0.261 e. The van der Waals surface area contributed by atoms with E-state index in [0.29, 0.717) is 5.69 Å². The number of unbranched alkanes of at least 4 members (excludes halogenated alkanes) is 3. The Morgan fingerprint density at radius 2 is 1.33 bits per heavy atom. The zero-order valence-electron chi connectivity index (χ0n) is 17.2. The summed E-state index contributed by atoms with van der Waals surface area (Å²) in [5, 5.41) is 3.30. The first-order chi connectivity index (χ1) is 14.6. The van der Waals surface area contributed by atoms with E-state index in [4.69, 9.17) is 4.74 Å². The number of nitrogens with one attached hydrogen (secondary N) is 2. The molecule has 0 aliphatic rings. The van der Waals surface area contributed by atoms with E-state index in [1.165, 1.54) is 19.3 Å². The molecular formula is C24H28N2O3S. The van der Waals surface area contributed by atoms with Gasteiger partial charge in [0.15, 0.2) is 0 Å². The van der Waals surface area contributed by atoms with Gasteiger partial charge in [0, 0.05) is 17.1 Å². The van der Waals surface area contributed by atoms with Gasteiger partial charge in [0.1, 0.15) is 5.75 Å². The normalized spacial score (nSPS) is 11.1. The smallest absolute Gasteiger partial charge is 0.261 e. The summed E-state index contributed by atoms with van der Waals surface area (Å²) in [4.78, 5) is 0.236. The summed E-state index contributed by atoms with van der Waals surface area (Å²) in [6.07, 6.45) is 4.75. The monoisotopic (exact) mass is 424 g/mol. The van der Waals surface area contributed by atoms with E-state index in [1.807, 2.05) is 36.4 Å². The molecule has 0 aromatic heterocycles. The number of anilines is 3. The minimum Gasteiger partial charge on any atom is -0.494 e. The predicted octanol–water partition coefficient (Wildman–Crippen LogP) is 6.19. The van der Waals surface area contributed by atoms with Crippen molar-refractivity contribution in [2.45, 2.75) is 37.5 Å². The van der Waals surface area contributed by atoms with E-state index in [0.717, 1.165) is 30.2 Å². The minimum atomic E-state index is -3.59. The van der Waals surface area contributed by atoms with Crippen LogP contribution in [-0.2, 0) is 10.0 Å². The van der Waals surface area contributed by atoms with E-state index in [9.17, 15) is 8.42 Å². The lowest BCUT2D eigenvalue weighted by molar-refractivity contribution is 0.305. The van der Waals surface area contributed by atoms with E-state index in [2.05, 4.69) is 17.0 Å². The van der Waals surface area contributed by atoms with Gasteiger partial charge < -0.3 is 10.1 Å². The van der Waals surface area contributed by atoms with Crippen molar-refractivity contribution >= 4 is 27.1 Å². The van der Waals surface area contributed by atoms with Crippen molar-refractivity contribution in [2.75, 3.05) is 16.6 Å². The van der Waals surface area contributed by atoms with Crippen LogP contribution in [0.25, 0.3) is 0 Å². The third-order valence-corrected chi connectivity index (χ3v) is 6.00. The van der Waals surface area contributed by atoms with Crippen LogP contribution in [0.4, 0.5) is 17.1 Å². The molecule has 6 heteroatoms. The zero-order chi connectivity index (χ0) is 21.2. The SMILES string of the molecule is CCCCCCOc1ccc(Nc2ccc(NS(=O)(=O)c3ccccc3)cc2)cc1. The van der Waals surface area contributed by atoms with Gasteiger partial charge in [-0.15, -0.1) is 0 Å². The molecule has 0 fully saturated rings. The Labute approximate surface area is 179 Å². The van der Waals surface area contributed by atoms with E-state index < -0.39 is 10.0 Å². The van der Waals surface area contributed by atoms with Gasteiger partial charge in [-0.3, -0.25) is 4.72 Å². The number of sulfonamides is 1. The fraction of sp³-hybridized carbons (Fsp3) is 0.250. The summed E-state index contributed by atoms with van der Waals surface area (Å²) in [6.45, 7) is 2.94. The second kappa shape index (κ2) is 10.7. The molecular weight excluding hydrogens is 396 g/mol. The molecule has 0 atom stereocenters. The standard InChI is InChI=1S/C24H28N2O3S/c1-2-3-4-8-19-29-23-17-15-21(16-18-23)25-20-11-13-22(14-12-20)26-30(27,28)24-9-6-5-7-10-24/h5-7,9-18,25-26H,2-4,8,19H2,1H3. The molecule has 0 heterocycles. The minimum absolute atomic E-state index is 0.236. The lowest BCUT2D eigenvalue weighted by Crippen LogP contribution is -2.12. The average molecular weight is 425 g/mol. The number of hydrogen-bond donors (Lipinski definition) is 2. The van der Waals surface area contributed by atoms with Crippen molar-refractivity contribution in [3.63, 3.8) is 0 Å². The molecule has 0 aliphatic carbocycles. The summed E-state index contributed by atoms with van der Waals surface area (Å²) < 4.78 is 33.2. The molecule has 0 aliphatic heterocycles. The third-order valence-electron chi connectivity index (χ3n) is 4.60. The van der Waals surface area contributed by atoms with E-state index in [-0.39, 0.29) is 4.90 Å². The summed E-state index contributed by atoms with van der Waals surface area (Å²) in [5.41, 5.74) is 2.31. The lowest BCUT2D eigenvalue weighted by Gasteiger charge is -2.11. The highest BCUT2D eigenvalue weighted by molar-refractivity contribution is 7.92. The van der Waals surface area contributed by atoms with Gasteiger partial charge in [-0.1, -0.05) is 44.4 Å². The molecule has 5 nitrogen and oxygen atoms in total. The first kappa shape index (κ1) is 21.7. The molecule has 2 N–H and O–H groups in total. The van der Waals surface area contributed by atoms with Gasteiger partial charge >= 0.3 is 0 Å². The van der Waals surface area contributed by atoms with Gasteiger partial charge in [-0.25, -0.2) is 8.42 Å². The highest BCUT2D eigenvalue weighted by atomic mass is 32.2. The molecule has 3 aromatic carbocycles. The maximum absolute atomic E-state index is 12.4. The van der Waals surface area contributed by atoms with Crippen molar-refractivity contribution in [3.05, 3.63) is 78.9 Å². The van der Waals surface area contributed by atoms with Crippen LogP contribution in [0.1, 0.15) is 32.6 Å². The largest absolute Gasteiger partial charge is 0.494 e. The molecule has 0 saturated heterocycles. The number of benzene rings is 3. The molecule has 0 saturated carbocycles. The fourth-order valence-electron chi connectivity index (χ4n) is 2.96. The third kappa shape index (κ3) is 6.52. The summed E-state index contributed by atoms with van der Waals surface area (Å²) in [6, 6.07) is 23.3. The molecule has 158 valence electrons. The Kier molecular flexibility index (Phi) is 7.74. The molecule has 0 spiro atoms. The second-order valence-corrected chi connectivity index (χ2v) is 8.74. The Balaban J connectivity index is 1.53. The van der Waals surface area contributed by atoms with Gasteiger partial charge in [-0.05, 0) is 67.1 Å². The summed E-state index contributed by atoms with van der Waals surface area (Å²) in [5.74, 6) is 0.864. The number of ether oxygens (including phenoxy) is 1. The molecule has 30 heavy (non-hydrogen) atoms. The Morgan fingerprint density at radius 1 is 0.733 bits per heavy atom. The van der Waals surface area contributed by atoms with Gasteiger partial charge in [0.05, 0.1) is 11.5 Å². The topological polar surface area (TPSA) is 67.4 Å². The van der Waals surface area contributed by atoms with Gasteiger partial charge in [0.2, 0.25) is 0 Å². The van der Waals surface area contributed by atoms with Crippen molar-refractivity contribution in [1.82, 2.24) is 0 Å². The van der Waals surface area contributed by atoms with Gasteiger partial charge in [0.25, 0.3) is 10.0 Å². The van der Waals surface area contributed by atoms with E-state index >= 15 is 0 Å². The van der Waals surface area contributed by atoms with Crippen LogP contribution in [0.5, 0.6) is 5.75 Å². The zero-order valence-corrected chi connectivity index (χ0v) is 18.0. The van der Waals surface area contributed by atoms with Crippen LogP contribution < -0.4 is 14.8 Å². The first-order valence-electron chi connectivity index (χ1n) is 10.2. The Hall–Kier alpha value is -2.99. The Bertz CT molecular complexity index is 1000. The predicted molar refractivity (Wildman–Crippen MR) is 123 cm³/mol. The molecule has 3 rings (SSSR count). The van der Waals surface area contributed by atoms with Crippen LogP contribution in [-0.4, -0.2) is 15.0 Å². The highest BCUT2D eigenvalue weighted by Gasteiger charge is 2.13. The molecule has 0 unspecified atom stereocenters. The molecule has 0 radical (unpaired) electrons. The fourth-order valence-corrected chi connectivity index (χ4v) is 4.04. The van der Waals surface area contributed by atoms with Gasteiger partial charge in [-0.2, -0.15) is 0 Å². The van der Waals surface area contributed by atoms with Crippen LogP contribution >= 0.6 is 0 Å². The van der Waals surface area contributed by atoms with Crippen LogP contribution in [0.3, 0.4) is 0 Å². The van der Waals surface area contributed by atoms with Crippen molar-refractivity contribution in [3.8, 4) is 5.75 Å². The Morgan fingerprint density at radius 3 is 1.97 bits per heavy atom. The quantitative estimate of drug-likeness (QED) is 0.360. The highest BCUT2D eigenvalue weighted by Crippen LogP contribution is 2.23. The summed E-state index contributed by atoms with van der Waals surface area (Å²) in [7, 11) is -3.59. The van der Waals surface area contributed by atoms with E-state index in [1.54, 1.807) is 42.5 Å². The second-order valence-electron chi connectivity index (χ2n) is 7.05. The number of hydrogen-bond acceptors (Lipinski definition) is 4. The molecule has 0 bridgehead atoms. The number of rotatable bonds is 11. The summed E-state index contributed by atoms with van der Waals surface area (Å²) >= 11 is 0. The first-order valence-corrected chi connectivity index (χ1v) is 11.7. The molecule has 0 amide bonds. The van der Waals surface area contributed by atoms with Crippen LogP contribution in [0.2, 0.25) is 0 Å². The molecule has 3 aromatic rings. The van der Waals surface area contributed by atoms with Crippen molar-refractivity contribution < 1.29 is 13.2 Å². The van der Waals surface area contributed by atoms with Crippen molar-refractivity contribution in [2.24, 2.45) is 0 Å². The maximum atomic E-state index is 12.4. The van der Waals surface area contributed by atoms with Crippen LogP contribution in [0, 0.1) is 0 Å². The van der Waals surface area contributed by atoms with Crippen molar-refractivity contribution in [1.29, 1.82) is 0 Å². The average Bonchev–Trinajstić information content (AvgIpc) is 2.76. The lowest BCUT2D eigenvalue weighted by atomic mass is 10.2.